The number of hydrogen-bond acceptors (Lipinski definition) is 4. The second-order valence-corrected chi connectivity index (χ2v) is 7.40. The van der Waals surface area contributed by atoms with E-state index in [4.69, 9.17) is 4.74 Å². The van der Waals surface area contributed by atoms with Crippen LogP contribution < -0.4 is 10.2 Å². The Bertz CT molecular complexity index is 540. The van der Waals surface area contributed by atoms with Gasteiger partial charge in [0.2, 0.25) is 0 Å². The van der Waals surface area contributed by atoms with Crippen LogP contribution in [-0.4, -0.2) is 50.9 Å². The Hall–Kier alpha value is -1.53. The van der Waals surface area contributed by atoms with Crippen molar-refractivity contribution < 1.29 is 19.2 Å². The van der Waals surface area contributed by atoms with Crippen LogP contribution in [0.15, 0.2) is 29.2 Å². The van der Waals surface area contributed by atoms with Crippen molar-refractivity contribution in [2.45, 2.75) is 24.7 Å². The summed E-state index contributed by atoms with van der Waals surface area (Å²) in [5, 5.41) is 2.98. The van der Waals surface area contributed by atoms with Gasteiger partial charge in [0, 0.05) is 30.0 Å². The van der Waals surface area contributed by atoms with E-state index in [0.717, 1.165) is 31.7 Å². The van der Waals surface area contributed by atoms with E-state index in [-0.39, 0.29) is 17.8 Å². The Morgan fingerprint density at radius 3 is 2.54 bits per heavy atom. The van der Waals surface area contributed by atoms with E-state index in [1.54, 1.807) is 11.8 Å². The SMILES string of the molecule is COC(=O)C1CC[NH+](CC(=O)NCCSc2ccc(C)cc2)CC1. The average Bonchev–Trinajstić information content (AvgIpc) is 2.60. The smallest absolute Gasteiger partial charge is 0.309 e. The van der Waals surface area contributed by atoms with E-state index in [1.165, 1.54) is 22.5 Å². The Morgan fingerprint density at radius 2 is 1.92 bits per heavy atom. The maximum absolute atomic E-state index is 12.0. The molecule has 0 saturated carbocycles. The molecule has 1 aromatic rings. The number of methoxy groups -OCH3 is 1. The summed E-state index contributed by atoms with van der Waals surface area (Å²) in [5.41, 5.74) is 1.26. The highest BCUT2D eigenvalue weighted by atomic mass is 32.2. The van der Waals surface area contributed by atoms with Crippen LogP contribution >= 0.6 is 11.8 Å². The monoisotopic (exact) mass is 351 g/mol. The predicted molar refractivity (Wildman–Crippen MR) is 95.2 cm³/mol. The van der Waals surface area contributed by atoms with Crippen LogP contribution in [0.4, 0.5) is 0 Å². The molecule has 0 spiro atoms. The van der Waals surface area contributed by atoms with E-state index in [1.807, 2.05) is 0 Å². The molecule has 1 amide bonds. The number of nitrogens with one attached hydrogen (secondary N) is 2. The molecule has 1 aliphatic rings. The van der Waals surface area contributed by atoms with Gasteiger partial charge in [-0.05, 0) is 19.1 Å². The van der Waals surface area contributed by atoms with Crippen LogP contribution in [0.25, 0.3) is 0 Å². The molecule has 132 valence electrons. The van der Waals surface area contributed by atoms with Gasteiger partial charge in [0.15, 0.2) is 6.54 Å². The van der Waals surface area contributed by atoms with E-state index in [0.29, 0.717) is 13.1 Å². The number of piperidine rings is 1. The van der Waals surface area contributed by atoms with Crippen LogP contribution in [-0.2, 0) is 14.3 Å². The van der Waals surface area contributed by atoms with Crippen LogP contribution in [0.3, 0.4) is 0 Å². The zero-order valence-electron chi connectivity index (χ0n) is 14.5. The summed E-state index contributed by atoms with van der Waals surface area (Å²) >= 11 is 1.75. The highest BCUT2D eigenvalue weighted by Gasteiger charge is 2.28. The molecule has 6 heteroatoms. The van der Waals surface area contributed by atoms with Gasteiger partial charge in [-0.1, -0.05) is 17.7 Å². The molecular formula is C18H27N2O3S+. The minimum atomic E-state index is -0.119. The number of quaternary nitrogens is 1. The average molecular weight is 351 g/mol. The third-order valence-electron chi connectivity index (χ3n) is 4.35. The van der Waals surface area contributed by atoms with Gasteiger partial charge in [0.05, 0.1) is 26.1 Å². The van der Waals surface area contributed by atoms with Gasteiger partial charge >= 0.3 is 5.97 Å². The third kappa shape index (κ3) is 6.17. The molecule has 1 saturated heterocycles. The molecule has 2 N–H and O–H groups in total. The normalized spacial score (nSPS) is 20.4. The Labute approximate surface area is 148 Å². The Kier molecular flexibility index (Phi) is 7.59. The summed E-state index contributed by atoms with van der Waals surface area (Å²) in [7, 11) is 1.43. The molecule has 5 nitrogen and oxygen atoms in total. The fraction of sp³-hybridized carbons (Fsp3) is 0.556. The lowest BCUT2D eigenvalue weighted by Gasteiger charge is -2.27. The van der Waals surface area contributed by atoms with Crippen molar-refractivity contribution in [3.63, 3.8) is 0 Å². The standard InChI is InChI=1S/C18H26N2O3S/c1-14-3-5-16(6-4-14)24-12-9-19-17(21)13-20-10-7-15(8-11-20)18(22)23-2/h3-6,15H,7-13H2,1-2H3,(H,19,21)/p+1. The van der Waals surface area contributed by atoms with Crippen molar-refractivity contribution in [3.05, 3.63) is 29.8 Å². The number of esters is 1. The minimum absolute atomic E-state index is 0.00715. The molecule has 0 atom stereocenters. The van der Waals surface area contributed by atoms with E-state index in [2.05, 4.69) is 36.5 Å². The Morgan fingerprint density at radius 1 is 1.25 bits per heavy atom. The van der Waals surface area contributed by atoms with Crippen molar-refractivity contribution in [2.75, 3.05) is 39.0 Å². The van der Waals surface area contributed by atoms with Crippen molar-refractivity contribution >= 4 is 23.6 Å². The number of ether oxygens (including phenoxy) is 1. The van der Waals surface area contributed by atoms with E-state index in [9.17, 15) is 9.59 Å². The zero-order valence-corrected chi connectivity index (χ0v) is 15.3. The fourth-order valence-electron chi connectivity index (χ4n) is 2.89. The van der Waals surface area contributed by atoms with E-state index < -0.39 is 0 Å². The number of carbonyl (C=O) groups is 2. The summed E-state index contributed by atoms with van der Waals surface area (Å²) in [4.78, 5) is 26.0. The number of hydrogen-bond donors (Lipinski definition) is 2. The van der Waals surface area contributed by atoms with Gasteiger partial charge in [-0.15, -0.1) is 11.8 Å². The van der Waals surface area contributed by atoms with Crippen molar-refractivity contribution in [1.29, 1.82) is 0 Å². The topological polar surface area (TPSA) is 59.8 Å². The summed E-state index contributed by atoms with van der Waals surface area (Å²) < 4.78 is 4.78. The number of benzene rings is 1. The number of aryl methyl sites for hydroxylation is 1. The number of thioether (sulfide) groups is 1. The van der Waals surface area contributed by atoms with Crippen LogP contribution in [0, 0.1) is 12.8 Å². The molecule has 1 heterocycles. The first-order valence-electron chi connectivity index (χ1n) is 8.46. The second-order valence-electron chi connectivity index (χ2n) is 6.24. The highest BCUT2D eigenvalue weighted by Crippen LogP contribution is 2.17. The van der Waals surface area contributed by atoms with Gasteiger partial charge in [-0.2, -0.15) is 0 Å². The first-order valence-corrected chi connectivity index (χ1v) is 9.44. The first kappa shape index (κ1) is 18.8. The Balaban J connectivity index is 1.58. The first-order chi connectivity index (χ1) is 11.6. The molecule has 1 aromatic carbocycles. The number of rotatable bonds is 7. The maximum Gasteiger partial charge on any atom is 0.309 e. The summed E-state index contributed by atoms with van der Waals surface area (Å²) in [6, 6.07) is 8.42. The number of carbonyl (C=O) groups excluding carboxylic acids is 2. The predicted octanol–water partition coefficient (Wildman–Crippen LogP) is 0.671. The molecular weight excluding hydrogens is 324 g/mol. The molecule has 0 radical (unpaired) electrons. The molecule has 1 fully saturated rings. The van der Waals surface area contributed by atoms with Crippen LogP contribution in [0.5, 0.6) is 0 Å². The lowest BCUT2D eigenvalue weighted by Crippen LogP contribution is -3.14. The lowest BCUT2D eigenvalue weighted by atomic mass is 9.97. The van der Waals surface area contributed by atoms with Crippen molar-refractivity contribution in [3.8, 4) is 0 Å². The van der Waals surface area contributed by atoms with Crippen molar-refractivity contribution in [1.82, 2.24) is 5.32 Å². The summed E-state index contributed by atoms with van der Waals surface area (Å²) in [5.74, 6) is 0.847. The van der Waals surface area contributed by atoms with Crippen molar-refractivity contribution in [2.24, 2.45) is 5.92 Å². The van der Waals surface area contributed by atoms with Gasteiger partial charge in [-0.3, -0.25) is 9.59 Å². The summed E-state index contributed by atoms with van der Waals surface area (Å²) in [6.45, 7) is 4.94. The second kappa shape index (κ2) is 9.69. The minimum Gasteiger partial charge on any atom is -0.469 e. The van der Waals surface area contributed by atoms with Crippen LogP contribution in [0.2, 0.25) is 0 Å². The molecule has 0 bridgehead atoms. The van der Waals surface area contributed by atoms with E-state index >= 15 is 0 Å². The number of likely N-dealkylation sites (tertiary alicyclic amines) is 1. The molecule has 2 rings (SSSR count). The highest BCUT2D eigenvalue weighted by molar-refractivity contribution is 7.99. The maximum atomic E-state index is 12.0. The number of amides is 1. The third-order valence-corrected chi connectivity index (χ3v) is 5.37. The summed E-state index contributed by atoms with van der Waals surface area (Å²) in [6.07, 6.45) is 1.61. The molecule has 0 unspecified atom stereocenters. The van der Waals surface area contributed by atoms with Gasteiger partial charge in [0.25, 0.3) is 5.91 Å². The molecule has 0 aromatic heterocycles. The van der Waals surface area contributed by atoms with Gasteiger partial charge in [0.1, 0.15) is 0 Å². The van der Waals surface area contributed by atoms with Gasteiger partial charge < -0.3 is 15.0 Å². The quantitative estimate of drug-likeness (QED) is 0.431. The molecule has 24 heavy (non-hydrogen) atoms. The lowest BCUT2D eigenvalue weighted by molar-refractivity contribution is -0.897. The zero-order chi connectivity index (χ0) is 17.4. The molecule has 1 aliphatic heterocycles. The van der Waals surface area contributed by atoms with Crippen LogP contribution in [0.1, 0.15) is 18.4 Å². The van der Waals surface area contributed by atoms with Gasteiger partial charge in [-0.25, -0.2) is 0 Å². The largest absolute Gasteiger partial charge is 0.469 e. The molecule has 0 aliphatic carbocycles. The fourth-order valence-corrected chi connectivity index (χ4v) is 3.66.